The fraction of sp³-hybridized carbons (Fsp3) is 0.350. The summed E-state index contributed by atoms with van der Waals surface area (Å²) in [7, 11) is 6.12. The van der Waals surface area contributed by atoms with Gasteiger partial charge in [0.25, 0.3) is 0 Å². The Balaban J connectivity index is 1.47. The van der Waals surface area contributed by atoms with Crippen LogP contribution in [-0.4, -0.2) is 32.4 Å². The number of nitrogens with one attached hydrogen (secondary N) is 2. The van der Waals surface area contributed by atoms with Crippen molar-refractivity contribution in [2.75, 3.05) is 5.32 Å². The molecule has 3 heterocycles. The van der Waals surface area contributed by atoms with Crippen molar-refractivity contribution in [3.63, 3.8) is 0 Å². The first-order valence-electron chi connectivity index (χ1n) is 9.58. The quantitative estimate of drug-likeness (QED) is 0.552. The fourth-order valence-corrected chi connectivity index (χ4v) is 4.02. The number of hydrogen-bond acceptors (Lipinski definition) is 4. The van der Waals surface area contributed by atoms with Crippen molar-refractivity contribution in [2.45, 2.75) is 44.6 Å². The number of benzene rings is 1. The van der Waals surface area contributed by atoms with E-state index in [4.69, 9.17) is 12.8 Å². The van der Waals surface area contributed by atoms with Gasteiger partial charge >= 0.3 is 0 Å². The number of fused-ring (bicyclic) bond motifs is 2. The number of rotatable bonds is 4. The van der Waals surface area contributed by atoms with Gasteiger partial charge in [0.1, 0.15) is 19.3 Å². The smallest absolute Gasteiger partial charge is 0.150 e. The molecule has 134 valence electrons. The van der Waals surface area contributed by atoms with Gasteiger partial charge in [0.15, 0.2) is 0 Å². The van der Waals surface area contributed by atoms with Crippen LogP contribution in [0.1, 0.15) is 49.3 Å². The molecule has 0 unspecified atom stereocenters. The van der Waals surface area contributed by atoms with Gasteiger partial charge in [0.2, 0.25) is 0 Å². The maximum absolute atomic E-state index is 6.12. The highest BCUT2D eigenvalue weighted by molar-refractivity contribution is 6.36. The second-order valence-corrected chi connectivity index (χ2v) is 7.34. The molecule has 7 heteroatoms. The van der Waals surface area contributed by atoms with Gasteiger partial charge in [0.05, 0.1) is 17.4 Å². The summed E-state index contributed by atoms with van der Waals surface area (Å²) >= 11 is 0. The van der Waals surface area contributed by atoms with E-state index >= 15 is 0 Å². The van der Waals surface area contributed by atoms with E-state index in [2.05, 4.69) is 38.6 Å². The van der Waals surface area contributed by atoms with Crippen molar-refractivity contribution in [3.8, 4) is 0 Å². The fourth-order valence-electron chi connectivity index (χ4n) is 4.02. The molecule has 0 saturated heterocycles. The van der Waals surface area contributed by atoms with Crippen LogP contribution in [0.25, 0.3) is 16.7 Å². The lowest BCUT2D eigenvalue weighted by Crippen LogP contribution is -2.13. The summed E-state index contributed by atoms with van der Waals surface area (Å²) in [6, 6.07) is 8.38. The van der Waals surface area contributed by atoms with Crippen molar-refractivity contribution in [1.82, 2.24) is 24.6 Å². The summed E-state index contributed by atoms with van der Waals surface area (Å²) in [4.78, 5) is 12.3. The van der Waals surface area contributed by atoms with E-state index in [0.717, 1.165) is 28.2 Å². The molecule has 2 radical (unpaired) electrons. The third-order valence-corrected chi connectivity index (χ3v) is 5.50. The molecule has 1 aliphatic carbocycles. The molecule has 3 aromatic heterocycles. The van der Waals surface area contributed by atoms with E-state index in [-0.39, 0.29) is 0 Å². The molecule has 1 aromatic carbocycles. The first kappa shape index (κ1) is 16.4. The minimum Gasteiger partial charge on any atom is -0.366 e. The van der Waals surface area contributed by atoms with E-state index in [0.29, 0.717) is 17.9 Å². The van der Waals surface area contributed by atoms with Crippen LogP contribution in [0.5, 0.6) is 0 Å². The van der Waals surface area contributed by atoms with Crippen LogP contribution < -0.4 is 10.8 Å². The molecule has 1 saturated carbocycles. The zero-order valence-corrected chi connectivity index (χ0v) is 15.2. The Morgan fingerprint density at radius 1 is 1.19 bits per heavy atom. The van der Waals surface area contributed by atoms with Crippen molar-refractivity contribution < 1.29 is 0 Å². The third kappa shape index (κ3) is 3.07. The highest BCUT2D eigenvalue weighted by atomic mass is 15.3. The normalized spacial score (nSPS) is 15.6. The summed E-state index contributed by atoms with van der Waals surface area (Å²) in [6.07, 6.45) is 9.68. The van der Waals surface area contributed by atoms with Gasteiger partial charge < -0.3 is 10.3 Å². The Hall–Kier alpha value is -2.83. The van der Waals surface area contributed by atoms with Crippen molar-refractivity contribution in [2.24, 2.45) is 0 Å². The molecule has 27 heavy (non-hydrogen) atoms. The monoisotopic (exact) mass is 356 g/mol. The van der Waals surface area contributed by atoms with E-state index < -0.39 is 0 Å². The lowest BCUT2D eigenvalue weighted by Gasteiger charge is -2.22. The average Bonchev–Trinajstić information content (AvgIpc) is 3.33. The van der Waals surface area contributed by atoms with Crippen LogP contribution in [0.15, 0.2) is 36.8 Å². The van der Waals surface area contributed by atoms with Crippen molar-refractivity contribution in [1.29, 1.82) is 0 Å². The van der Waals surface area contributed by atoms with Crippen LogP contribution in [0.2, 0.25) is 0 Å². The molecule has 0 bridgehead atoms. The van der Waals surface area contributed by atoms with Crippen molar-refractivity contribution >= 4 is 35.8 Å². The second kappa shape index (κ2) is 6.72. The van der Waals surface area contributed by atoms with E-state index in [1.807, 2.05) is 6.07 Å². The Morgan fingerprint density at radius 2 is 2.07 bits per heavy atom. The number of aromatic amines is 1. The standard InChI is InChI=1S/C20H21BN6/c21-15-11-25-27-19(9-17(26-20(15)27)14-4-2-1-3-5-14)22-10-13-6-7-16-18(8-13)24-12-23-16/h6-9,11-12,14,22H,1-5,10H2,(H,23,24). The van der Waals surface area contributed by atoms with Crippen LogP contribution in [0, 0.1) is 0 Å². The molecular formula is C20H21BN6. The number of aromatic nitrogens is 5. The Labute approximate surface area is 158 Å². The molecule has 0 spiro atoms. The van der Waals surface area contributed by atoms with Crippen LogP contribution in [0.4, 0.5) is 5.82 Å². The molecule has 1 aliphatic rings. The third-order valence-electron chi connectivity index (χ3n) is 5.50. The zero-order chi connectivity index (χ0) is 18.2. The van der Waals surface area contributed by atoms with Gasteiger partial charge in [-0.2, -0.15) is 9.61 Å². The largest absolute Gasteiger partial charge is 0.366 e. The Morgan fingerprint density at radius 3 is 2.96 bits per heavy atom. The van der Waals surface area contributed by atoms with Gasteiger partial charge in [-0.25, -0.2) is 9.97 Å². The summed E-state index contributed by atoms with van der Waals surface area (Å²) in [5.74, 6) is 1.45. The van der Waals surface area contributed by atoms with Gasteiger partial charge in [-0.1, -0.05) is 25.3 Å². The average molecular weight is 356 g/mol. The molecular weight excluding hydrogens is 335 g/mol. The lowest BCUT2D eigenvalue weighted by molar-refractivity contribution is 0.437. The van der Waals surface area contributed by atoms with Gasteiger partial charge in [0, 0.05) is 30.4 Å². The molecule has 5 rings (SSSR count). The molecule has 4 aromatic rings. The second-order valence-electron chi connectivity index (χ2n) is 7.34. The maximum Gasteiger partial charge on any atom is 0.150 e. The van der Waals surface area contributed by atoms with Crippen molar-refractivity contribution in [3.05, 3.63) is 48.0 Å². The van der Waals surface area contributed by atoms with E-state index in [1.165, 1.54) is 37.7 Å². The Kier molecular flexibility index (Phi) is 4.07. The Bertz CT molecular complexity index is 1090. The van der Waals surface area contributed by atoms with Gasteiger partial charge in [-0.15, -0.1) is 0 Å². The summed E-state index contributed by atoms with van der Waals surface area (Å²) in [5, 5.41) is 7.93. The van der Waals surface area contributed by atoms with E-state index in [9.17, 15) is 0 Å². The van der Waals surface area contributed by atoms with E-state index in [1.54, 1.807) is 17.0 Å². The highest BCUT2D eigenvalue weighted by Crippen LogP contribution is 2.32. The summed E-state index contributed by atoms with van der Waals surface area (Å²) < 4.78 is 1.80. The van der Waals surface area contributed by atoms with Crippen LogP contribution in [-0.2, 0) is 6.54 Å². The predicted octanol–water partition coefficient (Wildman–Crippen LogP) is 3.06. The summed E-state index contributed by atoms with van der Waals surface area (Å²) in [6.45, 7) is 0.692. The van der Waals surface area contributed by atoms with Gasteiger partial charge in [-0.05, 0) is 36.0 Å². The first-order valence-corrected chi connectivity index (χ1v) is 9.58. The topological polar surface area (TPSA) is 70.9 Å². The van der Waals surface area contributed by atoms with Crippen LogP contribution in [0.3, 0.4) is 0 Å². The molecule has 0 aliphatic heterocycles. The summed E-state index contributed by atoms with van der Waals surface area (Å²) in [5.41, 5.74) is 5.68. The predicted molar refractivity (Wildman–Crippen MR) is 108 cm³/mol. The lowest BCUT2D eigenvalue weighted by atomic mass is 9.86. The highest BCUT2D eigenvalue weighted by Gasteiger charge is 2.19. The number of hydrogen-bond donors (Lipinski definition) is 2. The maximum atomic E-state index is 6.12. The number of imidazole rings is 1. The minimum atomic E-state index is 0.514. The number of H-pyrrole nitrogens is 1. The molecule has 0 amide bonds. The SMILES string of the molecule is [B]c1cnn2c(NCc3ccc4nc[nH]c4c3)cc(C3CCCCC3)nc12. The van der Waals surface area contributed by atoms with Gasteiger partial charge in [-0.3, -0.25) is 0 Å². The molecule has 0 atom stereocenters. The zero-order valence-electron chi connectivity index (χ0n) is 15.2. The molecule has 2 N–H and O–H groups in total. The molecule has 1 fully saturated rings. The number of nitrogens with zero attached hydrogens (tertiary/aromatic N) is 4. The minimum absolute atomic E-state index is 0.514. The first-order chi connectivity index (χ1) is 13.3. The van der Waals surface area contributed by atoms with Crippen LogP contribution >= 0.6 is 0 Å². The number of anilines is 1. The molecule has 6 nitrogen and oxygen atoms in total.